The number of phenols is 1. The van der Waals surface area contributed by atoms with Gasteiger partial charge in [0.15, 0.2) is 11.5 Å². The summed E-state index contributed by atoms with van der Waals surface area (Å²) in [6, 6.07) is 3.87. The maximum atomic E-state index is 10.1. The second kappa shape index (κ2) is 5.26. The smallest absolute Gasteiger partial charge is 0.172 e. The number of piperidine rings is 1. The molecule has 108 valence electrons. The molecule has 2 aliphatic heterocycles. The van der Waals surface area contributed by atoms with E-state index >= 15 is 0 Å². The van der Waals surface area contributed by atoms with Gasteiger partial charge in [-0.15, -0.1) is 0 Å². The molecule has 2 atom stereocenters. The number of hydrogen-bond donors (Lipinski definition) is 2. The topological polar surface area (TPSA) is 57.1 Å². The van der Waals surface area contributed by atoms with Crippen LogP contribution < -0.4 is 10.2 Å². The summed E-state index contributed by atoms with van der Waals surface area (Å²) < 4.78 is 5.81. The Balaban J connectivity index is 1.92. The number of halogens is 1. The molecule has 0 amide bonds. The van der Waals surface area contributed by atoms with Crippen molar-refractivity contribution in [2.45, 2.75) is 12.5 Å². The lowest BCUT2D eigenvalue weighted by Crippen LogP contribution is -2.39. The number of ether oxygens (including phenoxy) is 1. The van der Waals surface area contributed by atoms with E-state index in [1.54, 1.807) is 13.2 Å². The third kappa shape index (κ3) is 2.16. The quantitative estimate of drug-likeness (QED) is 0.866. The van der Waals surface area contributed by atoms with Crippen LogP contribution in [0.3, 0.4) is 0 Å². The van der Waals surface area contributed by atoms with Crippen LogP contribution in [0.5, 0.6) is 11.5 Å². The first-order valence-corrected chi connectivity index (χ1v) is 7.47. The molecule has 1 saturated heterocycles. The van der Waals surface area contributed by atoms with E-state index in [4.69, 9.17) is 4.74 Å². The number of hydrogen-bond acceptors (Lipinski definition) is 5. The molecule has 1 aromatic carbocycles. The van der Waals surface area contributed by atoms with Crippen LogP contribution >= 0.6 is 15.9 Å². The van der Waals surface area contributed by atoms with Gasteiger partial charge in [-0.1, -0.05) is 6.07 Å². The highest BCUT2D eigenvalue weighted by atomic mass is 79.9. The molecular weight excluding hydrogens is 322 g/mol. The zero-order valence-corrected chi connectivity index (χ0v) is 13.1. The van der Waals surface area contributed by atoms with Gasteiger partial charge in [-0.2, -0.15) is 5.10 Å². The first-order chi connectivity index (χ1) is 9.61. The van der Waals surface area contributed by atoms with Gasteiger partial charge in [-0.25, -0.2) is 0 Å². The summed E-state index contributed by atoms with van der Waals surface area (Å²) in [5.74, 6) is 0.975. The van der Waals surface area contributed by atoms with E-state index in [1.165, 1.54) is 5.71 Å². The third-order valence-electron chi connectivity index (χ3n) is 4.10. The Morgan fingerprint density at radius 2 is 2.30 bits per heavy atom. The van der Waals surface area contributed by atoms with Crippen molar-refractivity contribution in [3.05, 3.63) is 22.2 Å². The molecule has 20 heavy (non-hydrogen) atoms. The van der Waals surface area contributed by atoms with Gasteiger partial charge < -0.3 is 20.2 Å². The van der Waals surface area contributed by atoms with Crippen molar-refractivity contribution in [1.29, 1.82) is 0 Å². The van der Waals surface area contributed by atoms with Crippen molar-refractivity contribution in [2.75, 3.05) is 27.2 Å². The number of rotatable bonds is 2. The molecule has 1 fully saturated rings. The monoisotopic (exact) mass is 339 g/mol. The lowest BCUT2D eigenvalue weighted by molar-refractivity contribution is 0.272. The largest absolute Gasteiger partial charge is 0.503 e. The van der Waals surface area contributed by atoms with E-state index in [9.17, 15) is 5.11 Å². The van der Waals surface area contributed by atoms with Crippen LogP contribution in [0.15, 0.2) is 21.7 Å². The number of fused-ring (bicyclic) bond motifs is 1. The number of phenolic OH excluding ortho intramolecular Hbond substituents is 1. The Morgan fingerprint density at radius 3 is 3.05 bits per heavy atom. The standard InChI is InChI=1S/C14H18BrN3O2/c1-18-6-5-10-9(7-18)13(17-16-10)8-3-4-11(20-2)14(19)12(8)15/h3-4,9,13,17,19H,5-7H2,1-2H3. The molecule has 0 spiro atoms. The summed E-state index contributed by atoms with van der Waals surface area (Å²) in [5.41, 5.74) is 5.47. The van der Waals surface area contributed by atoms with Crippen molar-refractivity contribution >= 4 is 21.6 Å². The fourth-order valence-electron chi connectivity index (χ4n) is 2.96. The lowest BCUT2D eigenvalue weighted by Gasteiger charge is -2.31. The van der Waals surface area contributed by atoms with E-state index in [1.807, 2.05) is 6.07 Å². The maximum absolute atomic E-state index is 10.1. The number of benzene rings is 1. The molecule has 2 N–H and O–H groups in total. The summed E-state index contributed by atoms with van der Waals surface area (Å²) >= 11 is 3.48. The van der Waals surface area contributed by atoms with Crippen molar-refractivity contribution in [3.8, 4) is 11.5 Å². The minimum absolute atomic E-state index is 0.0962. The predicted molar refractivity (Wildman–Crippen MR) is 81.3 cm³/mol. The number of methoxy groups -OCH3 is 1. The van der Waals surface area contributed by atoms with Crippen LogP contribution in [0.4, 0.5) is 0 Å². The van der Waals surface area contributed by atoms with Crippen molar-refractivity contribution < 1.29 is 9.84 Å². The molecule has 0 aliphatic carbocycles. The number of nitrogens with one attached hydrogen (secondary N) is 1. The SMILES string of the molecule is COc1ccc(C2NN=C3CCN(C)CC32)c(Br)c1O. The van der Waals surface area contributed by atoms with Gasteiger partial charge in [0.25, 0.3) is 0 Å². The molecule has 2 unspecified atom stereocenters. The van der Waals surface area contributed by atoms with Gasteiger partial charge in [0.05, 0.1) is 17.6 Å². The van der Waals surface area contributed by atoms with E-state index in [0.29, 0.717) is 16.1 Å². The highest BCUT2D eigenvalue weighted by Crippen LogP contribution is 2.42. The van der Waals surface area contributed by atoms with Crippen LogP contribution in [0, 0.1) is 5.92 Å². The van der Waals surface area contributed by atoms with Gasteiger partial charge in [0, 0.05) is 31.1 Å². The van der Waals surface area contributed by atoms with Crippen molar-refractivity contribution in [2.24, 2.45) is 11.0 Å². The lowest BCUT2D eigenvalue weighted by atomic mass is 9.86. The minimum Gasteiger partial charge on any atom is -0.503 e. The summed E-state index contributed by atoms with van der Waals surface area (Å²) in [6.07, 6.45) is 1.00. The number of likely N-dealkylation sites (tertiary alicyclic amines) is 1. The van der Waals surface area contributed by atoms with E-state index in [2.05, 4.69) is 38.4 Å². The van der Waals surface area contributed by atoms with Crippen LogP contribution in [-0.2, 0) is 0 Å². The van der Waals surface area contributed by atoms with Crippen molar-refractivity contribution in [1.82, 2.24) is 10.3 Å². The van der Waals surface area contributed by atoms with Crippen LogP contribution in [0.1, 0.15) is 18.0 Å². The Kier molecular flexibility index (Phi) is 3.60. The van der Waals surface area contributed by atoms with Gasteiger partial charge >= 0.3 is 0 Å². The molecule has 3 rings (SSSR count). The second-order valence-electron chi connectivity index (χ2n) is 5.35. The number of hydrazone groups is 1. The van der Waals surface area contributed by atoms with Gasteiger partial charge in [0.2, 0.25) is 0 Å². The Hall–Kier alpha value is -1.27. The molecule has 0 saturated carbocycles. The van der Waals surface area contributed by atoms with E-state index in [0.717, 1.165) is 25.1 Å². The third-order valence-corrected chi connectivity index (χ3v) is 4.93. The predicted octanol–water partition coefficient (Wildman–Crippen LogP) is 2.12. The average molecular weight is 340 g/mol. The minimum atomic E-state index is 0.0962. The molecule has 0 radical (unpaired) electrons. The Bertz CT molecular complexity index is 562. The fraction of sp³-hybridized carbons (Fsp3) is 0.500. The van der Waals surface area contributed by atoms with Gasteiger partial charge in [0.1, 0.15) is 0 Å². The van der Waals surface area contributed by atoms with Crippen LogP contribution in [-0.4, -0.2) is 43.0 Å². The second-order valence-corrected chi connectivity index (χ2v) is 6.14. The molecular formula is C14H18BrN3O2. The van der Waals surface area contributed by atoms with E-state index < -0.39 is 0 Å². The normalized spacial score (nSPS) is 25.9. The molecule has 0 aromatic heterocycles. The average Bonchev–Trinajstić information content (AvgIpc) is 2.85. The summed E-state index contributed by atoms with van der Waals surface area (Å²) in [5, 5.41) is 14.6. The molecule has 2 aliphatic rings. The Labute approximate surface area is 126 Å². The summed E-state index contributed by atoms with van der Waals surface area (Å²) in [7, 11) is 3.68. The first kappa shape index (κ1) is 13.7. The highest BCUT2D eigenvalue weighted by molar-refractivity contribution is 9.10. The first-order valence-electron chi connectivity index (χ1n) is 6.67. The van der Waals surface area contributed by atoms with E-state index in [-0.39, 0.29) is 11.8 Å². The molecule has 5 nitrogen and oxygen atoms in total. The molecule has 2 heterocycles. The van der Waals surface area contributed by atoms with Gasteiger partial charge in [-0.05, 0) is 34.6 Å². The fourth-order valence-corrected chi connectivity index (χ4v) is 3.53. The molecule has 6 heteroatoms. The summed E-state index contributed by atoms with van der Waals surface area (Å²) in [6.45, 7) is 2.04. The zero-order valence-electron chi connectivity index (χ0n) is 11.6. The number of nitrogens with zero attached hydrogens (tertiary/aromatic N) is 2. The molecule has 1 aromatic rings. The molecule has 0 bridgehead atoms. The van der Waals surface area contributed by atoms with Gasteiger partial charge in [-0.3, -0.25) is 0 Å². The Morgan fingerprint density at radius 1 is 1.50 bits per heavy atom. The van der Waals surface area contributed by atoms with Crippen LogP contribution in [0.25, 0.3) is 0 Å². The maximum Gasteiger partial charge on any atom is 0.172 e. The summed E-state index contributed by atoms with van der Waals surface area (Å²) in [4.78, 5) is 2.32. The zero-order chi connectivity index (χ0) is 14.3. The highest BCUT2D eigenvalue weighted by Gasteiger charge is 2.37. The number of aromatic hydroxyl groups is 1. The van der Waals surface area contributed by atoms with Crippen molar-refractivity contribution in [3.63, 3.8) is 0 Å². The van der Waals surface area contributed by atoms with Crippen LogP contribution in [0.2, 0.25) is 0 Å².